The van der Waals surface area contributed by atoms with Crippen molar-refractivity contribution in [2.24, 2.45) is 0 Å². The van der Waals surface area contributed by atoms with Crippen LogP contribution < -0.4 is 5.32 Å². The van der Waals surface area contributed by atoms with Crippen LogP contribution in [-0.2, 0) is 11.2 Å². The van der Waals surface area contributed by atoms with Gasteiger partial charge in [-0.1, -0.05) is 37.3 Å². The average molecular weight is 193 g/mol. The van der Waals surface area contributed by atoms with Gasteiger partial charge in [-0.3, -0.25) is 4.79 Å². The molecule has 1 rings (SSSR count). The summed E-state index contributed by atoms with van der Waals surface area (Å²) in [6.45, 7) is 1.89. The minimum Gasteiger partial charge on any atom is -0.323 e. The molecule has 0 aromatic heterocycles. The molecule has 0 heterocycles. The van der Waals surface area contributed by atoms with E-state index in [0.29, 0.717) is 18.6 Å². The van der Waals surface area contributed by atoms with Crippen molar-refractivity contribution in [3.8, 4) is 0 Å². The van der Waals surface area contributed by atoms with Gasteiger partial charge in [0.15, 0.2) is 0 Å². The summed E-state index contributed by atoms with van der Waals surface area (Å²) in [5.41, 5.74) is 1.11. The van der Waals surface area contributed by atoms with E-state index in [2.05, 4.69) is 5.32 Å². The Kier molecular flexibility index (Phi) is 7.75. The summed E-state index contributed by atoms with van der Waals surface area (Å²) >= 11 is 0. The lowest BCUT2D eigenvalue weighted by atomic mass is 10.1. The molecule has 0 saturated carbocycles. The van der Waals surface area contributed by atoms with Gasteiger partial charge in [-0.25, -0.2) is 0 Å². The monoisotopic (exact) mass is 193 g/mol. The van der Waals surface area contributed by atoms with Crippen LogP contribution in [0.1, 0.15) is 18.9 Å². The zero-order valence-electron chi connectivity index (χ0n) is 9.21. The van der Waals surface area contributed by atoms with Gasteiger partial charge in [-0.15, -0.1) is 0 Å². The first-order valence-electron chi connectivity index (χ1n) is 4.88. The van der Waals surface area contributed by atoms with E-state index in [1.807, 2.05) is 51.4 Å². The summed E-state index contributed by atoms with van der Waals surface area (Å²) in [5, 5.41) is 2.75. The van der Waals surface area contributed by atoms with Gasteiger partial charge in [-0.05, 0) is 19.7 Å². The quantitative estimate of drug-likeness (QED) is 0.796. The first-order valence-corrected chi connectivity index (χ1v) is 4.88. The van der Waals surface area contributed by atoms with E-state index >= 15 is 0 Å². The van der Waals surface area contributed by atoms with Crippen LogP contribution in [0.4, 0.5) is 0 Å². The van der Waals surface area contributed by atoms with Crippen molar-refractivity contribution in [3.63, 3.8) is 0 Å². The van der Waals surface area contributed by atoms with E-state index in [9.17, 15) is 4.79 Å². The highest BCUT2D eigenvalue weighted by Crippen LogP contribution is 2.00. The smallest absolute Gasteiger partial charge is 0.136 e. The van der Waals surface area contributed by atoms with Gasteiger partial charge in [0.2, 0.25) is 0 Å². The molecule has 0 radical (unpaired) electrons. The highest BCUT2D eigenvalue weighted by atomic mass is 16.1. The molecule has 2 nitrogen and oxygen atoms in total. The van der Waals surface area contributed by atoms with Crippen LogP contribution in [0.5, 0.6) is 0 Å². The Balaban J connectivity index is 0.000000500. The molecule has 0 spiro atoms. The number of carbonyl (C=O) groups excluding carboxylic acids is 1. The zero-order valence-corrected chi connectivity index (χ0v) is 9.21. The molecular weight excluding hydrogens is 174 g/mol. The van der Waals surface area contributed by atoms with E-state index in [-0.39, 0.29) is 0 Å². The van der Waals surface area contributed by atoms with Crippen LogP contribution in [0.15, 0.2) is 30.3 Å². The molecule has 0 unspecified atom stereocenters. The summed E-state index contributed by atoms with van der Waals surface area (Å²) in [4.78, 5) is 11.0. The lowest BCUT2D eigenvalue weighted by Crippen LogP contribution is -1.99. The lowest BCUT2D eigenvalue weighted by molar-refractivity contribution is -0.118. The Morgan fingerprint density at radius 2 is 1.71 bits per heavy atom. The number of nitrogens with one attached hydrogen (secondary N) is 1. The molecule has 0 bridgehead atoms. The van der Waals surface area contributed by atoms with Crippen LogP contribution in [0.25, 0.3) is 0 Å². The first-order chi connectivity index (χ1) is 6.74. The van der Waals surface area contributed by atoms with Crippen molar-refractivity contribution in [1.29, 1.82) is 0 Å². The average Bonchev–Trinajstić information content (AvgIpc) is 2.20. The van der Waals surface area contributed by atoms with Crippen LogP contribution in [0, 0.1) is 0 Å². The fourth-order valence-corrected chi connectivity index (χ4v) is 0.949. The Hall–Kier alpha value is -1.15. The Bertz CT molecular complexity index is 244. The van der Waals surface area contributed by atoms with Gasteiger partial charge in [0.05, 0.1) is 0 Å². The molecule has 1 aromatic rings. The lowest BCUT2D eigenvalue weighted by Gasteiger charge is -1.96. The van der Waals surface area contributed by atoms with Gasteiger partial charge < -0.3 is 5.32 Å². The van der Waals surface area contributed by atoms with E-state index < -0.39 is 0 Å². The van der Waals surface area contributed by atoms with Crippen molar-refractivity contribution in [3.05, 3.63) is 35.9 Å². The third-order valence-corrected chi connectivity index (χ3v) is 1.64. The molecule has 0 amide bonds. The van der Waals surface area contributed by atoms with Crippen LogP contribution in [-0.4, -0.2) is 19.9 Å². The van der Waals surface area contributed by atoms with Gasteiger partial charge >= 0.3 is 0 Å². The highest BCUT2D eigenvalue weighted by Gasteiger charge is 1.98. The number of ketones is 1. The third-order valence-electron chi connectivity index (χ3n) is 1.64. The maximum Gasteiger partial charge on any atom is 0.136 e. The molecule has 0 aliphatic carbocycles. The number of carbonyl (C=O) groups is 1. The molecule has 1 N–H and O–H groups in total. The maximum absolute atomic E-state index is 11.0. The van der Waals surface area contributed by atoms with Crippen LogP contribution >= 0.6 is 0 Å². The molecule has 78 valence electrons. The fourth-order valence-electron chi connectivity index (χ4n) is 0.949. The molecule has 0 aliphatic heterocycles. The van der Waals surface area contributed by atoms with E-state index in [0.717, 1.165) is 5.56 Å². The second-order valence-corrected chi connectivity index (χ2v) is 3.05. The van der Waals surface area contributed by atoms with Crippen molar-refractivity contribution in [1.82, 2.24) is 5.32 Å². The molecule has 0 aliphatic rings. The summed E-state index contributed by atoms with van der Waals surface area (Å²) < 4.78 is 0. The largest absolute Gasteiger partial charge is 0.323 e. The van der Waals surface area contributed by atoms with Gasteiger partial charge in [-0.2, -0.15) is 0 Å². The van der Waals surface area contributed by atoms with Crippen LogP contribution in [0.3, 0.4) is 0 Å². The topological polar surface area (TPSA) is 29.1 Å². The molecule has 2 heteroatoms. The molecular formula is C12H19NO. The summed E-state index contributed by atoms with van der Waals surface area (Å²) in [6.07, 6.45) is 1.21. The number of hydrogen-bond acceptors (Lipinski definition) is 2. The van der Waals surface area contributed by atoms with Gasteiger partial charge in [0.1, 0.15) is 5.78 Å². The Labute approximate surface area is 86.3 Å². The summed E-state index contributed by atoms with van der Waals surface area (Å²) in [5.74, 6) is 0.302. The van der Waals surface area contributed by atoms with Gasteiger partial charge in [0, 0.05) is 12.8 Å². The molecule has 14 heavy (non-hydrogen) atoms. The zero-order chi connectivity index (χ0) is 10.8. The Morgan fingerprint density at radius 3 is 2.14 bits per heavy atom. The van der Waals surface area contributed by atoms with Crippen molar-refractivity contribution >= 4 is 5.78 Å². The van der Waals surface area contributed by atoms with Crippen molar-refractivity contribution < 1.29 is 4.79 Å². The second kappa shape index (κ2) is 8.45. The summed E-state index contributed by atoms with van der Waals surface area (Å²) in [6, 6.07) is 9.83. The first kappa shape index (κ1) is 12.8. The minimum absolute atomic E-state index is 0.302. The predicted octanol–water partition coefficient (Wildman–Crippen LogP) is 2.04. The van der Waals surface area contributed by atoms with E-state index in [1.54, 1.807) is 0 Å². The fraction of sp³-hybridized carbons (Fsp3) is 0.417. The third kappa shape index (κ3) is 6.38. The van der Waals surface area contributed by atoms with Crippen molar-refractivity contribution in [2.45, 2.75) is 19.8 Å². The SMILES string of the molecule is CCC(=O)Cc1ccccc1.CNC. The predicted molar refractivity (Wildman–Crippen MR) is 60.4 cm³/mol. The normalized spacial score (nSPS) is 8.79. The molecule has 0 fully saturated rings. The summed E-state index contributed by atoms with van der Waals surface area (Å²) in [7, 11) is 3.75. The standard InChI is InChI=1S/C10H12O.C2H7N/c1-2-10(11)8-9-6-4-3-5-7-9;1-3-2/h3-7H,2,8H2,1H3;3H,1-2H3. The molecule has 0 atom stereocenters. The van der Waals surface area contributed by atoms with Crippen LogP contribution in [0.2, 0.25) is 0 Å². The van der Waals surface area contributed by atoms with E-state index in [1.165, 1.54) is 0 Å². The number of Topliss-reactive ketones (excluding diaryl/α,β-unsaturated/α-hetero) is 1. The van der Waals surface area contributed by atoms with Crippen molar-refractivity contribution in [2.75, 3.05) is 14.1 Å². The molecule has 0 saturated heterocycles. The molecule has 1 aromatic carbocycles. The maximum atomic E-state index is 11.0. The van der Waals surface area contributed by atoms with Gasteiger partial charge in [0.25, 0.3) is 0 Å². The minimum atomic E-state index is 0.302. The highest BCUT2D eigenvalue weighted by molar-refractivity contribution is 5.80. The number of benzene rings is 1. The number of hydrogen-bond donors (Lipinski definition) is 1. The van der Waals surface area contributed by atoms with E-state index in [4.69, 9.17) is 0 Å². The second-order valence-electron chi connectivity index (χ2n) is 3.05. The number of rotatable bonds is 3. The Morgan fingerprint density at radius 1 is 1.21 bits per heavy atom.